The molecule has 2 heterocycles. The molecule has 16 heavy (non-hydrogen) atoms. The Bertz CT molecular complexity index is 551. The summed E-state index contributed by atoms with van der Waals surface area (Å²) in [6.45, 7) is 7.72. The van der Waals surface area contributed by atoms with Crippen LogP contribution in [0.25, 0.3) is 10.9 Å². The van der Waals surface area contributed by atoms with Gasteiger partial charge in [-0.25, -0.2) is 0 Å². The van der Waals surface area contributed by atoms with Gasteiger partial charge in [0, 0.05) is 22.6 Å². The normalized spacial score (nSPS) is 20.1. The smallest absolute Gasteiger partial charge is 0.0491 e. The van der Waals surface area contributed by atoms with E-state index in [2.05, 4.69) is 43.2 Å². The molecule has 3 rings (SSSR count). The first kappa shape index (κ1) is 9.91. The van der Waals surface area contributed by atoms with Crippen molar-refractivity contribution in [2.75, 3.05) is 6.54 Å². The van der Waals surface area contributed by atoms with Crippen molar-refractivity contribution in [1.29, 1.82) is 0 Å². The number of fused-ring (bicyclic) bond motifs is 3. The van der Waals surface area contributed by atoms with Crippen LogP contribution in [0.3, 0.4) is 0 Å². The predicted octanol–water partition coefficient (Wildman–Crippen LogP) is 2.99. The lowest BCUT2D eigenvalue weighted by atomic mass is 9.97. The van der Waals surface area contributed by atoms with Gasteiger partial charge >= 0.3 is 0 Å². The van der Waals surface area contributed by atoms with E-state index in [4.69, 9.17) is 0 Å². The predicted molar refractivity (Wildman–Crippen MR) is 67.9 cm³/mol. The van der Waals surface area contributed by atoms with Gasteiger partial charge in [0.15, 0.2) is 0 Å². The average molecular weight is 214 g/mol. The Hall–Kier alpha value is -1.28. The highest BCUT2D eigenvalue weighted by Gasteiger charge is 2.21. The van der Waals surface area contributed by atoms with Crippen LogP contribution in [0.5, 0.6) is 0 Å². The third-order valence-electron chi connectivity index (χ3n) is 3.77. The molecule has 1 aromatic heterocycles. The number of aromatic nitrogens is 1. The van der Waals surface area contributed by atoms with Crippen LogP contribution in [-0.4, -0.2) is 11.5 Å². The molecule has 0 spiro atoms. The van der Waals surface area contributed by atoms with Gasteiger partial charge in [0.1, 0.15) is 0 Å². The minimum atomic E-state index is 0.454. The van der Waals surface area contributed by atoms with Crippen molar-refractivity contribution in [1.82, 2.24) is 10.3 Å². The highest BCUT2D eigenvalue weighted by Crippen LogP contribution is 2.33. The third-order valence-corrected chi connectivity index (χ3v) is 3.77. The van der Waals surface area contributed by atoms with Gasteiger partial charge < -0.3 is 10.3 Å². The standard InChI is InChI=1S/C14H18N2/c1-8-4-5-9(2)13-12(8)11-6-7-15-10(3)14(11)16-13/h4-5,10,15-16H,6-7H2,1-3H3. The number of hydrogen-bond acceptors (Lipinski definition) is 1. The molecule has 0 fully saturated rings. The molecule has 1 aliphatic rings. The Labute approximate surface area is 96.1 Å². The van der Waals surface area contributed by atoms with Crippen LogP contribution < -0.4 is 5.32 Å². The monoisotopic (exact) mass is 214 g/mol. The first-order valence-corrected chi connectivity index (χ1v) is 6.02. The second kappa shape index (κ2) is 3.36. The van der Waals surface area contributed by atoms with E-state index in [0.29, 0.717) is 6.04 Å². The molecule has 0 radical (unpaired) electrons. The Balaban J connectivity index is 2.40. The van der Waals surface area contributed by atoms with Crippen molar-refractivity contribution < 1.29 is 0 Å². The molecule has 2 heteroatoms. The Morgan fingerprint density at radius 2 is 1.94 bits per heavy atom. The molecule has 0 amide bonds. The molecule has 1 unspecified atom stereocenters. The fraction of sp³-hybridized carbons (Fsp3) is 0.429. The van der Waals surface area contributed by atoms with Gasteiger partial charge in [0.2, 0.25) is 0 Å². The summed E-state index contributed by atoms with van der Waals surface area (Å²) in [6.07, 6.45) is 1.14. The summed E-state index contributed by atoms with van der Waals surface area (Å²) in [6, 6.07) is 4.89. The fourth-order valence-corrected chi connectivity index (χ4v) is 2.85. The molecule has 2 nitrogen and oxygen atoms in total. The molecule has 2 aromatic rings. The van der Waals surface area contributed by atoms with Gasteiger partial charge in [-0.2, -0.15) is 0 Å². The van der Waals surface area contributed by atoms with Gasteiger partial charge in [0.05, 0.1) is 0 Å². The van der Waals surface area contributed by atoms with Crippen molar-refractivity contribution in [3.8, 4) is 0 Å². The highest BCUT2D eigenvalue weighted by molar-refractivity contribution is 5.90. The van der Waals surface area contributed by atoms with E-state index in [1.165, 1.54) is 33.3 Å². The molecular weight excluding hydrogens is 196 g/mol. The van der Waals surface area contributed by atoms with E-state index >= 15 is 0 Å². The minimum absolute atomic E-state index is 0.454. The van der Waals surface area contributed by atoms with E-state index in [0.717, 1.165) is 13.0 Å². The number of aryl methyl sites for hydroxylation is 2. The van der Waals surface area contributed by atoms with Gasteiger partial charge in [-0.1, -0.05) is 12.1 Å². The van der Waals surface area contributed by atoms with Crippen LogP contribution in [0.4, 0.5) is 0 Å². The fourth-order valence-electron chi connectivity index (χ4n) is 2.85. The molecule has 0 saturated heterocycles. The van der Waals surface area contributed by atoms with Crippen LogP contribution in [0.2, 0.25) is 0 Å². The highest BCUT2D eigenvalue weighted by atomic mass is 15.0. The Kier molecular flexibility index (Phi) is 2.08. The summed E-state index contributed by atoms with van der Waals surface area (Å²) in [5.74, 6) is 0. The molecule has 1 aromatic carbocycles. The molecule has 0 aliphatic carbocycles. The lowest BCUT2D eigenvalue weighted by Gasteiger charge is -2.20. The van der Waals surface area contributed by atoms with Crippen molar-refractivity contribution in [3.05, 3.63) is 34.5 Å². The van der Waals surface area contributed by atoms with Gasteiger partial charge in [-0.05, 0) is 50.4 Å². The zero-order chi connectivity index (χ0) is 11.3. The van der Waals surface area contributed by atoms with E-state index in [1.807, 2.05) is 0 Å². The van der Waals surface area contributed by atoms with E-state index in [1.54, 1.807) is 0 Å². The average Bonchev–Trinajstić information content (AvgIpc) is 2.66. The molecule has 1 atom stereocenters. The zero-order valence-corrected chi connectivity index (χ0v) is 10.1. The number of rotatable bonds is 0. The Morgan fingerprint density at radius 3 is 2.75 bits per heavy atom. The summed E-state index contributed by atoms with van der Waals surface area (Å²) in [4.78, 5) is 3.61. The minimum Gasteiger partial charge on any atom is -0.357 e. The van der Waals surface area contributed by atoms with Crippen LogP contribution in [0.1, 0.15) is 35.3 Å². The lowest BCUT2D eigenvalue weighted by Crippen LogP contribution is -2.27. The third kappa shape index (κ3) is 1.23. The number of H-pyrrole nitrogens is 1. The number of hydrogen-bond donors (Lipinski definition) is 2. The van der Waals surface area contributed by atoms with Crippen molar-refractivity contribution >= 4 is 10.9 Å². The lowest BCUT2D eigenvalue weighted by molar-refractivity contribution is 0.533. The zero-order valence-electron chi connectivity index (χ0n) is 10.1. The topological polar surface area (TPSA) is 27.8 Å². The molecule has 0 saturated carbocycles. The largest absolute Gasteiger partial charge is 0.357 e. The molecular formula is C14H18N2. The maximum absolute atomic E-state index is 3.61. The molecule has 1 aliphatic heterocycles. The van der Waals surface area contributed by atoms with Gasteiger partial charge in [-0.15, -0.1) is 0 Å². The number of nitrogens with one attached hydrogen (secondary N) is 2. The van der Waals surface area contributed by atoms with Gasteiger partial charge in [-0.3, -0.25) is 0 Å². The summed E-state index contributed by atoms with van der Waals surface area (Å²) in [7, 11) is 0. The molecule has 84 valence electrons. The summed E-state index contributed by atoms with van der Waals surface area (Å²) < 4.78 is 0. The van der Waals surface area contributed by atoms with Crippen molar-refractivity contribution in [2.24, 2.45) is 0 Å². The number of benzene rings is 1. The van der Waals surface area contributed by atoms with E-state index in [9.17, 15) is 0 Å². The molecule has 2 N–H and O–H groups in total. The van der Waals surface area contributed by atoms with E-state index < -0.39 is 0 Å². The maximum atomic E-state index is 3.61. The first-order valence-electron chi connectivity index (χ1n) is 6.02. The van der Waals surface area contributed by atoms with Crippen molar-refractivity contribution in [2.45, 2.75) is 33.2 Å². The van der Waals surface area contributed by atoms with E-state index in [-0.39, 0.29) is 0 Å². The van der Waals surface area contributed by atoms with Crippen LogP contribution >= 0.6 is 0 Å². The summed E-state index contributed by atoms with van der Waals surface area (Å²) >= 11 is 0. The van der Waals surface area contributed by atoms with Crippen LogP contribution in [-0.2, 0) is 6.42 Å². The second-order valence-electron chi connectivity index (χ2n) is 4.89. The SMILES string of the molecule is Cc1ccc(C)c2c3c([nH]c12)C(C)NCC3. The quantitative estimate of drug-likeness (QED) is 0.693. The summed E-state index contributed by atoms with van der Waals surface area (Å²) in [5, 5.41) is 4.97. The summed E-state index contributed by atoms with van der Waals surface area (Å²) in [5.41, 5.74) is 7.00. The first-order chi connectivity index (χ1) is 7.68. The number of aromatic amines is 1. The Morgan fingerprint density at radius 1 is 1.19 bits per heavy atom. The second-order valence-corrected chi connectivity index (χ2v) is 4.89. The van der Waals surface area contributed by atoms with Crippen LogP contribution in [0.15, 0.2) is 12.1 Å². The maximum Gasteiger partial charge on any atom is 0.0491 e. The van der Waals surface area contributed by atoms with Crippen molar-refractivity contribution in [3.63, 3.8) is 0 Å². The van der Waals surface area contributed by atoms with Crippen LogP contribution in [0, 0.1) is 13.8 Å². The molecule has 0 bridgehead atoms. The van der Waals surface area contributed by atoms with Gasteiger partial charge in [0.25, 0.3) is 0 Å².